The van der Waals surface area contributed by atoms with Gasteiger partial charge in [-0.3, -0.25) is 9.59 Å². The Hall–Kier alpha value is -2.62. The second-order valence-electron chi connectivity index (χ2n) is 7.51. The SMILES string of the molecule is Cc1ccc(C)c(C(=O)Nc2ccc3c(c2)CCC(=O)N3CC(C)C)c1. The lowest BCUT2D eigenvalue weighted by Crippen LogP contribution is -2.37. The van der Waals surface area contributed by atoms with Gasteiger partial charge in [0, 0.05) is 29.9 Å². The van der Waals surface area contributed by atoms with Crippen LogP contribution < -0.4 is 10.2 Å². The zero-order chi connectivity index (χ0) is 18.8. The van der Waals surface area contributed by atoms with Crippen molar-refractivity contribution in [2.24, 2.45) is 5.92 Å². The number of hydrogen-bond acceptors (Lipinski definition) is 2. The average molecular weight is 350 g/mol. The first-order valence-electron chi connectivity index (χ1n) is 9.17. The molecule has 0 saturated heterocycles. The van der Waals surface area contributed by atoms with Crippen molar-refractivity contribution in [3.05, 3.63) is 58.7 Å². The summed E-state index contributed by atoms with van der Waals surface area (Å²) in [5.74, 6) is 0.490. The van der Waals surface area contributed by atoms with Crippen LogP contribution in [0, 0.1) is 19.8 Å². The minimum Gasteiger partial charge on any atom is -0.322 e. The van der Waals surface area contributed by atoms with Gasteiger partial charge in [-0.2, -0.15) is 0 Å². The highest BCUT2D eigenvalue weighted by atomic mass is 16.2. The van der Waals surface area contributed by atoms with Crippen molar-refractivity contribution in [2.75, 3.05) is 16.8 Å². The van der Waals surface area contributed by atoms with E-state index in [-0.39, 0.29) is 11.8 Å². The topological polar surface area (TPSA) is 49.4 Å². The fraction of sp³-hybridized carbons (Fsp3) is 0.364. The third kappa shape index (κ3) is 3.79. The van der Waals surface area contributed by atoms with Gasteiger partial charge in [0.2, 0.25) is 5.91 Å². The quantitative estimate of drug-likeness (QED) is 0.883. The number of aryl methyl sites for hydroxylation is 3. The molecule has 1 aliphatic rings. The molecule has 1 heterocycles. The highest BCUT2D eigenvalue weighted by Gasteiger charge is 2.25. The van der Waals surface area contributed by atoms with Crippen LogP contribution in [0.25, 0.3) is 0 Å². The van der Waals surface area contributed by atoms with Gasteiger partial charge in [-0.15, -0.1) is 0 Å². The number of carbonyl (C=O) groups excluding carboxylic acids is 2. The zero-order valence-electron chi connectivity index (χ0n) is 15.9. The average Bonchev–Trinajstić information content (AvgIpc) is 2.59. The number of carbonyl (C=O) groups is 2. The smallest absolute Gasteiger partial charge is 0.255 e. The number of hydrogen-bond donors (Lipinski definition) is 1. The van der Waals surface area contributed by atoms with Crippen LogP contribution in [0.2, 0.25) is 0 Å². The fourth-order valence-corrected chi connectivity index (χ4v) is 3.38. The van der Waals surface area contributed by atoms with E-state index in [0.29, 0.717) is 17.9 Å². The lowest BCUT2D eigenvalue weighted by atomic mass is 9.99. The highest BCUT2D eigenvalue weighted by Crippen LogP contribution is 2.31. The Balaban J connectivity index is 1.84. The Morgan fingerprint density at radius 2 is 1.88 bits per heavy atom. The molecule has 0 saturated carbocycles. The van der Waals surface area contributed by atoms with Crippen molar-refractivity contribution < 1.29 is 9.59 Å². The maximum Gasteiger partial charge on any atom is 0.255 e. The molecule has 2 amide bonds. The fourth-order valence-electron chi connectivity index (χ4n) is 3.38. The second kappa shape index (κ2) is 7.32. The van der Waals surface area contributed by atoms with Crippen LogP contribution in [-0.4, -0.2) is 18.4 Å². The minimum absolute atomic E-state index is 0.0999. The molecule has 0 aromatic heterocycles. The van der Waals surface area contributed by atoms with Crippen LogP contribution >= 0.6 is 0 Å². The Morgan fingerprint density at radius 1 is 1.12 bits per heavy atom. The van der Waals surface area contributed by atoms with Crippen molar-refractivity contribution in [3.8, 4) is 0 Å². The molecule has 0 unspecified atom stereocenters. The minimum atomic E-state index is -0.0999. The highest BCUT2D eigenvalue weighted by molar-refractivity contribution is 6.06. The van der Waals surface area contributed by atoms with Gasteiger partial charge in [-0.1, -0.05) is 31.5 Å². The number of benzene rings is 2. The lowest BCUT2D eigenvalue weighted by Gasteiger charge is -2.31. The number of nitrogens with zero attached hydrogens (tertiary/aromatic N) is 1. The Kier molecular flexibility index (Phi) is 5.12. The van der Waals surface area contributed by atoms with Crippen molar-refractivity contribution in [1.82, 2.24) is 0 Å². The van der Waals surface area contributed by atoms with E-state index in [1.165, 1.54) is 0 Å². The summed E-state index contributed by atoms with van der Waals surface area (Å²) in [5, 5.41) is 3.00. The Morgan fingerprint density at radius 3 is 2.62 bits per heavy atom. The molecule has 3 rings (SSSR count). The summed E-state index contributed by atoms with van der Waals surface area (Å²) in [6, 6.07) is 11.7. The van der Waals surface area contributed by atoms with E-state index in [1.54, 1.807) is 0 Å². The molecule has 4 heteroatoms. The predicted octanol–water partition coefficient (Wildman–Crippen LogP) is 4.49. The first kappa shape index (κ1) is 18.2. The summed E-state index contributed by atoms with van der Waals surface area (Å²) in [6.07, 6.45) is 1.24. The van der Waals surface area contributed by atoms with Crippen molar-refractivity contribution in [1.29, 1.82) is 0 Å². The van der Waals surface area contributed by atoms with Crippen LogP contribution in [0.5, 0.6) is 0 Å². The maximum absolute atomic E-state index is 12.6. The molecule has 136 valence electrons. The first-order valence-corrected chi connectivity index (χ1v) is 9.17. The molecular weight excluding hydrogens is 324 g/mol. The molecule has 26 heavy (non-hydrogen) atoms. The summed E-state index contributed by atoms with van der Waals surface area (Å²) in [7, 11) is 0. The third-order valence-electron chi connectivity index (χ3n) is 4.72. The van der Waals surface area contributed by atoms with Gasteiger partial charge in [-0.25, -0.2) is 0 Å². The van der Waals surface area contributed by atoms with E-state index in [1.807, 2.05) is 55.1 Å². The van der Waals surface area contributed by atoms with E-state index in [4.69, 9.17) is 0 Å². The van der Waals surface area contributed by atoms with Crippen LogP contribution in [0.4, 0.5) is 11.4 Å². The van der Waals surface area contributed by atoms with Crippen LogP contribution in [0.1, 0.15) is 47.3 Å². The summed E-state index contributed by atoms with van der Waals surface area (Å²) >= 11 is 0. The van der Waals surface area contributed by atoms with E-state index in [0.717, 1.165) is 41.0 Å². The lowest BCUT2D eigenvalue weighted by molar-refractivity contribution is -0.119. The molecule has 4 nitrogen and oxygen atoms in total. The number of nitrogens with one attached hydrogen (secondary N) is 1. The van der Waals surface area contributed by atoms with Crippen molar-refractivity contribution >= 4 is 23.2 Å². The summed E-state index contributed by atoms with van der Waals surface area (Å²) in [4.78, 5) is 26.8. The van der Waals surface area contributed by atoms with Gasteiger partial charge < -0.3 is 10.2 Å². The monoisotopic (exact) mass is 350 g/mol. The van der Waals surface area contributed by atoms with Crippen LogP contribution in [0.3, 0.4) is 0 Å². The standard InChI is InChI=1S/C22H26N2O2/c1-14(2)13-24-20-9-8-18(12-17(20)7-10-21(24)25)23-22(26)19-11-15(3)5-6-16(19)4/h5-6,8-9,11-12,14H,7,10,13H2,1-4H3,(H,23,26). The zero-order valence-corrected chi connectivity index (χ0v) is 15.9. The van der Waals surface area contributed by atoms with Crippen molar-refractivity contribution in [3.63, 3.8) is 0 Å². The number of anilines is 2. The van der Waals surface area contributed by atoms with E-state index >= 15 is 0 Å². The number of fused-ring (bicyclic) bond motifs is 1. The first-order chi connectivity index (χ1) is 12.3. The molecule has 0 spiro atoms. The molecule has 0 bridgehead atoms. The van der Waals surface area contributed by atoms with E-state index in [9.17, 15) is 9.59 Å². The predicted molar refractivity (Wildman–Crippen MR) is 106 cm³/mol. The van der Waals surface area contributed by atoms with Crippen LogP contribution in [-0.2, 0) is 11.2 Å². The Bertz CT molecular complexity index is 855. The van der Waals surface area contributed by atoms with Gasteiger partial charge in [0.1, 0.15) is 0 Å². The molecule has 2 aromatic carbocycles. The van der Waals surface area contributed by atoms with Gasteiger partial charge in [0.15, 0.2) is 0 Å². The summed E-state index contributed by atoms with van der Waals surface area (Å²) in [6.45, 7) is 8.87. The molecular formula is C22H26N2O2. The van der Waals surface area contributed by atoms with Gasteiger partial charge >= 0.3 is 0 Å². The molecule has 1 N–H and O–H groups in total. The molecule has 2 aromatic rings. The summed E-state index contributed by atoms with van der Waals surface area (Å²) in [5.41, 5.74) is 5.57. The third-order valence-corrected chi connectivity index (χ3v) is 4.72. The maximum atomic E-state index is 12.6. The summed E-state index contributed by atoms with van der Waals surface area (Å²) < 4.78 is 0. The largest absolute Gasteiger partial charge is 0.322 e. The number of rotatable bonds is 4. The molecule has 0 aliphatic carbocycles. The van der Waals surface area contributed by atoms with Gasteiger partial charge in [-0.05, 0) is 61.6 Å². The number of amides is 2. The van der Waals surface area contributed by atoms with E-state index in [2.05, 4.69) is 19.2 Å². The Labute approximate surface area is 155 Å². The molecule has 1 aliphatic heterocycles. The van der Waals surface area contributed by atoms with Crippen molar-refractivity contribution in [2.45, 2.75) is 40.5 Å². The van der Waals surface area contributed by atoms with Gasteiger partial charge in [0.05, 0.1) is 0 Å². The van der Waals surface area contributed by atoms with Gasteiger partial charge in [0.25, 0.3) is 5.91 Å². The van der Waals surface area contributed by atoms with Crippen LogP contribution in [0.15, 0.2) is 36.4 Å². The molecule has 0 atom stereocenters. The second-order valence-corrected chi connectivity index (χ2v) is 7.51. The molecule has 0 radical (unpaired) electrons. The molecule has 0 fully saturated rings. The normalized spacial score (nSPS) is 13.7. The van der Waals surface area contributed by atoms with E-state index < -0.39 is 0 Å².